The summed E-state index contributed by atoms with van der Waals surface area (Å²) in [6.45, 7) is 13.2. The molecule has 4 heteroatoms. The van der Waals surface area contributed by atoms with E-state index in [9.17, 15) is 9.18 Å². The third-order valence-corrected chi connectivity index (χ3v) is 6.72. The summed E-state index contributed by atoms with van der Waals surface area (Å²) in [6.07, 6.45) is 9.36. The fourth-order valence-corrected chi connectivity index (χ4v) is 4.49. The minimum atomic E-state index is -0.288. The zero-order valence-corrected chi connectivity index (χ0v) is 21.4. The lowest BCUT2D eigenvalue weighted by molar-refractivity contribution is -0.119. The molecule has 3 nitrogen and oxygen atoms in total. The number of hydrogen-bond acceptors (Lipinski definition) is 2. The molecule has 0 bridgehead atoms. The van der Waals surface area contributed by atoms with E-state index in [0.29, 0.717) is 24.6 Å². The molecule has 0 saturated heterocycles. The van der Waals surface area contributed by atoms with Gasteiger partial charge in [-0.05, 0) is 73.4 Å². The number of amides is 1. The molecule has 2 atom stereocenters. The number of benzene rings is 2. The van der Waals surface area contributed by atoms with Crippen molar-refractivity contribution in [3.8, 4) is 0 Å². The van der Waals surface area contributed by atoms with E-state index in [1.165, 1.54) is 12.1 Å². The zero-order valence-electron chi connectivity index (χ0n) is 21.4. The molecule has 0 aromatic heterocycles. The normalized spacial score (nSPS) is 16.7. The highest BCUT2D eigenvalue weighted by Gasteiger charge is 2.26. The Bertz CT molecular complexity index is 1110. The van der Waals surface area contributed by atoms with Crippen molar-refractivity contribution in [2.24, 2.45) is 5.92 Å². The van der Waals surface area contributed by atoms with Crippen molar-refractivity contribution in [3.05, 3.63) is 113 Å². The Morgan fingerprint density at radius 3 is 2.34 bits per heavy atom. The minimum absolute atomic E-state index is 0.162. The maximum absolute atomic E-state index is 13.9. The molecule has 2 aromatic rings. The van der Waals surface area contributed by atoms with Crippen LogP contribution in [0.1, 0.15) is 64.1 Å². The Labute approximate surface area is 209 Å². The van der Waals surface area contributed by atoms with Crippen LogP contribution in [0.4, 0.5) is 4.39 Å². The van der Waals surface area contributed by atoms with Gasteiger partial charge in [-0.15, -0.1) is 0 Å². The maximum atomic E-state index is 13.9. The molecule has 0 heterocycles. The molecule has 1 amide bonds. The fraction of sp³-hybridized carbons (Fsp3) is 0.323. The number of nitrogens with zero attached hydrogens (tertiary/aromatic N) is 1. The molecule has 2 unspecified atom stereocenters. The van der Waals surface area contributed by atoms with Crippen molar-refractivity contribution in [1.82, 2.24) is 10.2 Å². The smallest absolute Gasteiger partial charge is 0.268 e. The van der Waals surface area contributed by atoms with E-state index in [0.717, 1.165) is 40.8 Å². The summed E-state index contributed by atoms with van der Waals surface area (Å²) in [6, 6.07) is 16.0. The lowest BCUT2D eigenvalue weighted by Crippen LogP contribution is -2.37. The third kappa shape index (κ3) is 6.39. The Balaban J connectivity index is 2.02. The predicted molar refractivity (Wildman–Crippen MR) is 144 cm³/mol. The lowest BCUT2D eigenvalue weighted by Gasteiger charge is -2.31. The monoisotopic (exact) mass is 472 g/mol. The summed E-state index contributed by atoms with van der Waals surface area (Å²) >= 11 is 0. The molecule has 1 aliphatic carbocycles. The lowest BCUT2D eigenvalue weighted by atomic mass is 9.90. The van der Waals surface area contributed by atoms with Gasteiger partial charge in [0.1, 0.15) is 11.5 Å². The van der Waals surface area contributed by atoms with Gasteiger partial charge in [0, 0.05) is 12.2 Å². The Kier molecular flexibility index (Phi) is 9.25. The second-order valence-corrected chi connectivity index (χ2v) is 8.94. The second kappa shape index (κ2) is 12.3. The van der Waals surface area contributed by atoms with Crippen molar-refractivity contribution in [2.75, 3.05) is 6.54 Å². The average molecular weight is 473 g/mol. The van der Waals surface area contributed by atoms with E-state index in [1.54, 1.807) is 12.1 Å². The number of likely N-dealkylation sites (N-methyl/N-ethyl adjacent to an activating group) is 1. The summed E-state index contributed by atoms with van der Waals surface area (Å²) in [4.78, 5) is 15.9. The highest BCUT2D eigenvalue weighted by molar-refractivity contribution is 5.96. The van der Waals surface area contributed by atoms with E-state index in [-0.39, 0.29) is 17.8 Å². The molecule has 1 aliphatic rings. The average Bonchev–Trinajstić information content (AvgIpc) is 2.90. The van der Waals surface area contributed by atoms with Crippen LogP contribution < -0.4 is 5.32 Å². The van der Waals surface area contributed by atoms with Crippen LogP contribution in [0.25, 0.3) is 5.70 Å². The Morgan fingerprint density at radius 2 is 1.80 bits per heavy atom. The van der Waals surface area contributed by atoms with Crippen LogP contribution in [0.5, 0.6) is 0 Å². The SMILES string of the molecule is C=C(c1ccccc1)N(CC)/C(C(=O)NC(CC)c1ccc(F)cc1)=C(\C)C1=CCC(CC)C=C1. The molecule has 0 aliphatic heterocycles. The summed E-state index contributed by atoms with van der Waals surface area (Å²) in [7, 11) is 0. The molecular weight excluding hydrogens is 435 g/mol. The van der Waals surface area contributed by atoms with Crippen molar-refractivity contribution >= 4 is 11.6 Å². The van der Waals surface area contributed by atoms with Crippen LogP contribution in [0.3, 0.4) is 0 Å². The van der Waals surface area contributed by atoms with E-state index >= 15 is 0 Å². The van der Waals surface area contributed by atoms with Crippen LogP contribution in [0.2, 0.25) is 0 Å². The van der Waals surface area contributed by atoms with Crippen LogP contribution in [-0.2, 0) is 4.79 Å². The number of carbonyl (C=O) groups excluding carboxylic acids is 1. The molecule has 3 rings (SSSR count). The van der Waals surface area contributed by atoms with Crippen LogP contribution >= 0.6 is 0 Å². The number of halogens is 1. The van der Waals surface area contributed by atoms with Crippen LogP contribution in [0.15, 0.2) is 96.2 Å². The van der Waals surface area contributed by atoms with Crippen LogP contribution in [0, 0.1) is 11.7 Å². The number of hydrogen-bond donors (Lipinski definition) is 1. The first-order valence-corrected chi connectivity index (χ1v) is 12.6. The van der Waals surface area contributed by atoms with Gasteiger partial charge < -0.3 is 10.2 Å². The van der Waals surface area contributed by atoms with E-state index in [1.807, 2.05) is 56.0 Å². The van der Waals surface area contributed by atoms with Crippen LogP contribution in [-0.4, -0.2) is 17.4 Å². The number of rotatable bonds is 10. The molecule has 1 N–H and O–H groups in total. The topological polar surface area (TPSA) is 32.3 Å². The van der Waals surface area contributed by atoms with Gasteiger partial charge in [-0.3, -0.25) is 4.79 Å². The molecule has 0 spiro atoms. The number of nitrogens with one attached hydrogen (secondary N) is 1. The highest BCUT2D eigenvalue weighted by Crippen LogP contribution is 2.30. The summed E-state index contributed by atoms with van der Waals surface area (Å²) < 4.78 is 13.5. The quantitative estimate of drug-likeness (QED) is 0.362. The van der Waals surface area contributed by atoms with Crippen molar-refractivity contribution in [2.45, 2.75) is 53.0 Å². The predicted octanol–water partition coefficient (Wildman–Crippen LogP) is 7.57. The first kappa shape index (κ1) is 26.2. The van der Waals surface area contributed by atoms with E-state index < -0.39 is 0 Å². The van der Waals surface area contributed by atoms with Gasteiger partial charge in [-0.2, -0.15) is 0 Å². The third-order valence-electron chi connectivity index (χ3n) is 6.72. The molecular formula is C31H37FN2O. The van der Waals surface area contributed by atoms with Crippen molar-refractivity contribution < 1.29 is 9.18 Å². The van der Waals surface area contributed by atoms with Gasteiger partial charge in [0.05, 0.1) is 6.04 Å². The van der Waals surface area contributed by atoms with E-state index in [4.69, 9.17) is 0 Å². The van der Waals surface area contributed by atoms with Gasteiger partial charge in [0.2, 0.25) is 0 Å². The summed E-state index contributed by atoms with van der Waals surface area (Å²) in [5.41, 5.74) is 5.20. The first-order valence-electron chi connectivity index (χ1n) is 12.6. The first-order chi connectivity index (χ1) is 16.9. The molecule has 0 saturated carbocycles. The zero-order chi connectivity index (χ0) is 25.4. The minimum Gasteiger partial charge on any atom is -0.344 e. The van der Waals surface area contributed by atoms with Gasteiger partial charge in [-0.25, -0.2) is 4.39 Å². The number of carbonyl (C=O) groups is 1. The van der Waals surface area contributed by atoms with Gasteiger partial charge >= 0.3 is 0 Å². The summed E-state index contributed by atoms with van der Waals surface area (Å²) in [5, 5.41) is 3.21. The van der Waals surface area contributed by atoms with Gasteiger partial charge in [-0.1, -0.05) is 81.1 Å². The standard InChI is InChI=1S/C31H37FN2O/c1-6-24-14-16-25(17-15-24)22(4)30(34(8-3)23(5)26-12-10-9-11-13-26)31(35)33-29(7-2)27-18-20-28(32)21-19-27/h9-14,16-21,24,29H,5-8,15H2,1-4H3,(H,33,35)/b30-22+. The second-order valence-electron chi connectivity index (χ2n) is 8.94. The number of allylic oxidation sites excluding steroid dienone is 5. The Hall–Kier alpha value is -3.40. The molecule has 0 fully saturated rings. The van der Waals surface area contributed by atoms with Crippen molar-refractivity contribution in [1.29, 1.82) is 0 Å². The summed E-state index contributed by atoms with van der Waals surface area (Å²) in [5.74, 6) is 0.0851. The molecule has 184 valence electrons. The molecule has 2 aromatic carbocycles. The highest BCUT2D eigenvalue weighted by atomic mass is 19.1. The van der Waals surface area contributed by atoms with Gasteiger partial charge in [0.15, 0.2) is 0 Å². The largest absolute Gasteiger partial charge is 0.344 e. The van der Waals surface area contributed by atoms with E-state index in [2.05, 4.69) is 37.0 Å². The molecule has 35 heavy (non-hydrogen) atoms. The maximum Gasteiger partial charge on any atom is 0.268 e. The van der Waals surface area contributed by atoms with Crippen molar-refractivity contribution in [3.63, 3.8) is 0 Å². The van der Waals surface area contributed by atoms with Gasteiger partial charge in [0.25, 0.3) is 5.91 Å². The fourth-order valence-electron chi connectivity index (χ4n) is 4.49. The Morgan fingerprint density at radius 1 is 1.11 bits per heavy atom. The molecule has 0 radical (unpaired) electrons.